The fourth-order valence-corrected chi connectivity index (χ4v) is 3.42. The van der Waals surface area contributed by atoms with Gasteiger partial charge in [0.2, 0.25) is 5.91 Å². The number of fused-ring (bicyclic) bond motifs is 1. The Morgan fingerprint density at radius 1 is 1.35 bits per heavy atom. The molecule has 1 N–H and O–H groups in total. The van der Waals surface area contributed by atoms with Gasteiger partial charge in [0, 0.05) is 12.8 Å². The van der Waals surface area contributed by atoms with Gasteiger partial charge in [0.15, 0.2) is 0 Å². The van der Waals surface area contributed by atoms with E-state index in [1.807, 2.05) is 18.2 Å². The average molecular weight is 290 g/mol. The summed E-state index contributed by atoms with van der Waals surface area (Å²) in [6, 6.07) is 8.04. The fraction of sp³-hybridized carbons (Fsp3) is 0.467. The molecule has 5 heteroatoms. The number of nitrogens with zero attached hydrogens (tertiary/aromatic N) is 1. The summed E-state index contributed by atoms with van der Waals surface area (Å²) in [5, 5.41) is 1.00. The van der Waals surface area contributed by atoms with Crippen molar-refractivity contribution in [3.8, 4) is 0 Å². The molecule has 1 fully saturated rings. The van der Waals surface area contributed by atoms with Gasteiger partial charge in [-0.15, -0.1) is 11.3 Å². The summed E-state index contributed by atoms with van der Waals surface area (Å²) >= 11 is 1.65. The van der Waals surface area contributed by atoms with Gasteiger partial charge in [-0.2, -0.15) is 0 Å². The predicted molar refractivity (Wildman–Crippen MR) is 79.4 cm³/mol. The Morgan fingerprint density at radius 3 is 2.95 bits per heavy atom. The van der Waals surface area contributed by atoms with Crippen LogP contribution in [0.1, 0.15) is 37.1 Å². The molecule has 0 saturated heterocycles. The van der Waals surface area contributed by atoms with Crippen LogP contribution in [0.5, 0.6) is 0 Å². The monoisotopic (exact) mass is 290 g/mol. The Hall–Kier alpha value is -1.46. The zero-order chi connectivity index (χ0) is 13.8. The van der Waals surface area contributed by atoms with Gasteiger partial charge in [-0.05, 0) is 25.0 Å². The first-order chi connectivity index (χ1) is 9.81. The third-order valence-electron chi connectivity index (χ3n) is 3.55. The van der Waals surface area contributed by atoms with Crippen LogP contribution in [0.25, 0.3) is 10.2 Å². The van der Waals surface area contributed by atoms with Gasteiger partial charge in [-0.3, -0.25) is 9.63 Å². The topological polar surface area (TPSA) is 51.2 Å². The Balaban J connectivity index is 1.47. The van der Waals surface area contributed by atoms with Crippen LogP contribution in [0, 0.1) is 0 Å². The van der Waals surface area contributed by atoms with Crippen molar-refractivity contribution in [2.45, 2.75) is 44.6 Å². The van der Waals surface area contributed by atoms with Gasteiger partial charge >= 0.3 is 0 Å². The summed E-state index contributed by atoms with van der Waals surface area (Å²) in [6.07, 6.45) is 5.81. The molecule has 0 bridgehead atoms. The van der Waals surface area contributed by atoms with Gasteiger partial charge in [-0.25, -0.2) is 10.5 Å². The number of nitrogens with one attached hydrogen (secondary N) is 1. The number of carbonyl (C=O) groups excluding carboxylic acids is 1. The first-order valence-electron chi connectivity index (χ1n) is 7.10. The quantitative estimate of drug-likeness (QED) is 0.860. The lowest BCUT2D eigenvalue weighted by atomic mass is 10.3. The van der Waals surface area contributed by atoms with Crippen LogP contribution in [0.3, 0.4) is 0 Å². The van der Waals surface area contributed by atoms with Crippen LogP contribution in [-0.4, -0.2) is 17.0 Å². The molecule has 1 aliphatic carbocycles. The molecule has 4 nitrogen and oxygen atoms in total. The number of benzene rings is 1. The van der Waals surface area contributed by atoms with Crippen molar-refractivity contribution in [1.82, 2.24) is 10.5 Å². The number of aromatic nitrogens is 1. The lowest BCUT2D eigenvalue weighted by Crippen LogP contribution is -2.28. The smallest absolute Gasteiger partial charge is 0.243 e. The van der Waals surface area contributed by atoms with E-state index in [0.717, 1.165) is 23.4 Å². The van der Waals surface area contributed by atoms with E-state index in [-0.39, 0.29) is 12.0 Å². The Morgan fingerprint density at radius 2 is 2.15 bits per heavy atom. The fourth-order valence-electron chi connectivity index (χ4n) is 2.45. The molecule has 1 aromatic carbocycles. The van der Waals surface area contributed by atoms with E-state index >= 15 is 0 Å². The summed E-state index contributed by atoms with van der Waals surface area (Å²) in [5.41, 5.74) is 3.58. The van der Waals surface area contributed by atoms with E-state index in [2.05, 4.69) is 16.5 Å². The molecule has 0 spiro atoms. The predicted octanol–water partition coefficient (Wildman–Crippen LogP) is 3.22. The van der Waals surface area contributed by atoms with Crippen molar-refractivity contribution < 1.29 is 9.63 Å². The largest absolute Gasteiger partial charge is 0.273 e. The molecule has 0 atom stereocenters. The van der Waals surface area contributed by atoms with Gasteiger partial charge in [0.1, 0.15) is 0 Å². The Bertz CT molecular complexity index is 557. The van der Waals surface area contributed by atoms with Crippen molar-refractivity contribution in [2.24, 2.45) is 0 Å². The summed E-state index contributed by atoms with van der Waals surface area (Å²) in [4.78, 5) is 21.6. The number of rotatable bonds is 5. The minimum absolute atomic E-state index is 0.0591. The lowest BCUT2D eigenvalue weighted by Gasteiger charge is -2.10. The maximum atomic E-state index is 11.7. The summed E-state index contributed by atoms with van der Waals surface area (Å²) < 4.78 is 1.17. The second-order valence-corrected chi connectivity index (χ2v) is 6.24. The number of aryl methyl sites for hydroxylation is 1. The van der Waals surface area contributed by atoms with Crippen molar-refractivity contribution in [3.63, 3.8) is 0 Å². The maximum absolute atomic E-state index is 11.7. The average Bonchev–Trinajstić information content (AvgIpc) is 3.11. The van der Waals surface area contributed by atoms with E-state index in [0.29, 0.717) is 12.8 Å². The first kappa shape index (κ1) is 13.5. The normalized spacial score (nSPS) is 15.8. The molecule has 0 aliphatic heterocycles. The zero-order valence-corrected chi connectivity index (χ0v) is 12.1. The van der Waals surface area contributed by atoms with Gasteiger partial charge < -0.3 is 0 Å². The highest BCUT2D eigenvalue weighted by molar-refractivity contribution is 7.18. The highest BCUT2D eigenvalue weighted by atomic mass is 32.1. The third kappa shape index (κ3) is 3.35. The number of thiazole rings is 1. The molecule has 0 radical (unpaired) electrons. The molecule has 2 aromatic rings. The van der Waals surface area contributed by atoms with Crippen LogP contribution < -0.4 is 5.48 Å². The van der Waals surface area contributed by atoms with Crippen LogP contribution >= 0.6 is 11.3 Å². The molecule has 1 aromatic heterocycles. The van der Waals surface area contributed by atoms with Gasteiger partial charge in [-0.1, -0.05) is 25.0 Å². The number of hydroxylamine groups is 1. The van der Waals surface area contributed by atoms with Crippen molar-refractivity contribution in [2.75, 3.05) is 0 Å². The number of carbonyl (C=O) groups is 1. The highest BCUT2D eigenvalue weighted by Crippen LogP contribution is 2.22. The van der Waals surface area contributed by atoms with E-state index in [4.69, 9.17) is 4.84 Å². The molecule has 20 heavy (non-hydrogen) atoms. The van der Waals surface area contributed by atoms with Crippen LogP contribution in [-0.2, 0) is 16.1 Å². The minimum atomic E-state index is -0.0591. The number of para-hydroxylation sites is 1. The summed E-state index contributed by atoms with van der Waals surface area (Å²) in [7, 11) is 0. The standard InChI is InChI=1S/C15H18N2O2S/c18-14(17-19-11-5-1-2-6-11)9-10-15-16-12-7-3-4-8-13(12)20-15/h3-4,7-8,11H,1-2,5-6,9-10H2,(H,17,18). The summed E-state index contributed by atoms with van der Waals surface area (Å²) in [6.45, 7) is 0. The number of hydrogen-bond donors (Lipinski definition) is 1. The number of amides is 1. The minimum Gasteiger partial charge on any atom is -0.273 e. The molecule has 106 valence electrons. The van der Waals surface area contributed by atoms with E-state index in [9.17, 15) is 4.79 Å². The summed E-state index contributed by atoms with van der Waals surface area (Å²) in [5.74, 6) is -0.0591. The zero-order valence-electron chi connectivity index (χ0n) is 11.3. The molecule has 1 heterocycles. The van der Waals surface area contributed by atoms with Crippen LogP contribution in [0.15, 0.2) is 24.3 Å². The van der Waals surface area contributed by atoms with Gasteiger partial charge in [0.05, 0.1) is 21.3 Å². The lowest BCUT2D eigenvalue weighted by molar-refractivity contribution is -0.138. The molecule has 0 unspecified atom stereocenters. The van der Waals surface area contributed by atoms with Crippen LogP contribution in [0.2, 0.25) is 0 Å². The highest BCUT2D eigenvalue weighted by Gasteiger charge is 2.16. The first-order valence-corrected chi connectivity index (χ1v) is 7.92. The van der Waals surface area contributed by atoms with E-state index in [1.165, 1.54) is 17.5 Å². The molecule has 1 amide bonds. The third-order valence-corrected chi connectivity index (χ3v) is 4.64. The van der Waals surface area contributed by atoms with Gasteiger partial charge in [0.25, 0.3) is 0 Å². The second kappa shape index (κ2) is 6.33. The molecule has 1 saturated carbocycles. The van der Waals surface area contributed by atoms with E-state index < -0.39 is 0 Å². The van der Waals surface area contributed by atoms with Crippen molar-refractivity contribution >= 4 is 27.5 Å². The second-order valence-electron chi connectivity index (χ2n) is 5.12. The van der Waals surface area contributed by atoms with E-state index in [1.54, 1.807) is 11.3 Å². The molecule has 1 aliphatic rings. The Labute approximate surface area is 122 Å². The SMILES string of the molecule is O=C(CCc1nc2ccccc2s1)NOC1CCCC1. The maximum Gasteiger partial charge on any atom is 0.243 e. The number of hydrogen-bond acceptors (Lipinski definition) is 4. The van der Waals surface area contributed by atoms with Crippen LogP contribution in [0.4, 0.5) is 0 Å². The molecule has 3 rings (SSSR count). The Kier molecular flexibility index (Phi) is 4.28. The van der Waals surface area contributed by atoms with Crippen molar-refractivity contribution in [3.05, 3.63) is 29.3 Å². The molecular formula is C15H18N2O2S. The molecular weight excluding hydrogens is 272 g/mol. The van der Waals surface area contributed by atoms with Crippen molar-refractivity contribution in [1.29, 1.82) is 0 Å².